The van der Waals surface area contributed by atoms with Gasteiger partial charge in [-0.05, 0) is 36.4 Å². The number of hydrogen-bond acceptors (Lipinski definition) is 4. The van der Waals surface area contributed by atoms with Gasteiger partial charge in [-0.2, -0.15) is 0 Å². The molecule has 2 aromatic carbocycles. The first-order valence-electron chi connectivity index (χ1n) is 6.73. The molecule has 0 unspecified atom stereocenters. The molecule has 0 saturated carbocycles. The van der Waals surface area contributed by atoms with Crippen LogP contribution in [0.1, 0.15) is 22.8 Å². The maximum atomic E-state index is 12.1. The molecule has 0 radical (unpaired) electrons. The van der Waals surface area contributed by atoms with E-state index in [-0.39, 0.29) is 17.1 Å². The van der Waals surface area contributed by atoms with Crippen molar-refractivity contribution in [1.82, 2.24) is 5.32 Å². The van der Waals surface area contributed by atoms with E-state index in [1.54, 1.807) is 6.07 Å². The standard InChI is InChI=1S/C16H18N2O3/c1-2-17-10-11-4-3-5-12(8-11)18-16(21)14-7-6-13(19)9-15(14)20/h3-9,17,19-20H,2,10H2,1H3,(H,18,21). The van der Waals surface area contributed by atoms with Crippen molar-refractivity contribution in [3.63, 3.8) is 0 Å². The van der Waals surface area contributed by atoms with Gasteiger partial charge in [0.25, 0.3) is 5.91 Å². The van der Waals surface area contributed by atoms with Crippen LogP contribution in [0.4, 0.5) is 5.69 Å². The van der Waals surface area contributed by atoms with E-state index in [2.05, 4.69) is 10.6 Å². The highest BCUT2D eigenvalue weighted by atomic mass is 16.3. The number of hydrogen-bond donors (Lipinski definition) is 4. The predicted octanol–water partition coefficient (Wildman–Crippen LogP) is 2.46. The summed E-state index contributed by atoms with van der Waals surface area (Å²) in [7, 11) is 0. The first-order valence-corrected chi connectivity index (χ1v) is 6.73. The van der Waals surface area contributed by atoms with Crippen molar-refractivity contribution in [3.05, 3.63) is 53.6 Å². The molecule has 2 rings (SSSR count). The lowest BCUT2D eigenvalue weighted by Gasteiger charge is -2.09. The summed E-state index contributed by atoms with van der Waals surface area (Å²) in [5, 5.41) is 24.8. The molecule has 0 aliphatic carbocycles. The molecule has 0 spiro atoms. The third-order valence-electron chi connectivity index (χ3n) is 2.99. The van der Waals surface area contributed by atoms with Gasteiger partial charge in [-0.3, -0.25) is 4.79 Å². The van der Waals surface area contributed by atoms with Gasteiger partial charge in [0, 0.05) is 18.3 Å². The van der Waals surface area contributed by atoms with E-state index in [9.17, 15) is 15.0 Å². The summed E-state index contributed by atoms with van der Waals surface area (Å²) >= 11 is 0. The van der Waals surface area contributed by atoms with Crippen molar-refractivity contribution in [3.8, 4) is 11.5 Å². The first kappa shape index (κ1) is 14.9. The molecule has 0 fully saturated rings. The second kappa shape index (κ2) is 6.76. The summed E-state index contributed by atoms with van der Waals surface area (Å²) in [6.07, 6.45) is 0. The van der Waals surface area contributed by atoms with Crippen LogP contribution in [-0.2, 0) is 6.54 Å². The maximum Gasteiger partial charge on any atom is 0.259 e. The predicted molar refractivity (Wildman–Crippen MR) is 81.5 cm³/mol. The Labute approximate surface area is 123 Å². The number of anilines is 1. The first-order chi connectivity index (χ1) is 10.1. The number of phenolic OH excluding ortho intramolecular Hbond substituents is 2. The van der Waals surface area contributed by atoms with Gasteiger partial charge in [-0.1, -0.05) is 19.1 Å². The molecule has 0 heterocycles. The van der Waals surface area contributed by atoms with Crippen LogP contribution in [0.25, 0.3) is 0 Å². The van der Waals surface area contributed by atoms with Gasteiger partial charge >= 0.3 is 0 Å². The molecular weight excluding hydrogens is 268 g/mol. The highest BCUT2D eigenvalue weighted by Gasteiger charge is 2.12. The Morgan fingerprint density at radius 2 is 1.95 bits per heavy atom. The van der Waals surface area contributed by atoms with Crippen LogP contribution >= 0.6 is 0 Å². The van der Waals surface area contributed by atoms with Gasteiger partial charge in [-0.25, -0.2) is 0 Å². The molecule has 1 amide bonds. The molecule has 0 aliphatic rings. The van der Waals surface area contributed by atoms with Gasteiger partial charge in [0.15, 0.2) is 0 Å². The normalized spacial score (nSPS) is 10.3. The topological polar surface area (TPSA) is 81.6 Å². The summed E-state index contributed by atoms with van der Waals surface area (Å²) < 4.78 is 0. The molecule has 0 bridgehead atoms. The van der Waals surface area contributed by atoms with Crippen LogP contribution in [-0.4, -0.2) is 22.7 Å². The highest BCUT2D eigenvalue weighted by Crippen LogP contribution is 2.23. The Morgan fingerprint density at radius 3 is 2.67 bits per heavy atom. The van der Waals surface area contributed by atoms with E-state index in [1.807, 2.05) is 25.1 Å². The van der Waals surface area contributed by atoms with E-state index < -0.39 is 5.91 Å². The number of nitrogens with one attached hydrogen (secondary N) is 2. The minimum absolute atomic E-state index is 0.0864. The monoisotopic (exact) mass is 286 g/mol. The molecule has 4 N–H and O–H groups in total. The second-order valence-electron chi connectivity index (χ2n) is 4.64. The molecule has 0 aromatic heterocycles. The minimum Gasteiger partial charge on any atom is -0.508 e. The number of carbonyl (C=O) groups is 1. The van der Waals surface area contributed by atoms with E-state index in [4.69, 9.17) is 0 Å². The number of aromatic hydroxyl groups is 2. The molecule has 21 heavy (non-hydrogen) atoms. The van der Waals surface area contributed by atoms with Crippen molar-refractivity contribution in [2.75, 3.05) is 11.9 Å². The van der Waals surface area contributed by atoms with E-state index >= 15 is 0 Å². The van der Waals surface area contributed by atoms with Gasteiger partial charge in [0.1, 0.15) is 11.5 Å². The van der Waals surface area contributed by atoms with E-state index in [1.165, 1.54) is 12.1 Å². The van der Waals surface area contributed by atoms with Crippen molar-refractivity contribution in [1.29, 1.82) is 0 Å². The number of carbonyl (C=O) groups excluding carboxylic acids is 1. The summed E-state index contributed by atoms with van der Waals surface area (Å²) in [6.45, 7) is 3.63. The second-order valence-corrected chi connectivity index (χ2v) is 4.64. The fourth-order valence-corrected chi connectivity index (χ4v) is 1.94. The van der Waals surface area contributed by atoms with Crippen molar-refractivity contribution in [2.24, 2.45) is 0 Å². The van der Waals surface area contributed by atoms with Crippen molar-refractivity contribution in [2.45, 2.75) is 13.5 Å². The highest BCUT2D eigenvalue weighted by molar-refractivity contribution is 6.06. The third-order valence-corrected chi connectivity index (χ3v) is 2.99. The zero-order valence-electron chi connectivity index (χ0n) is 11.8. The molecule has 0 saturated heterocycles. The lowest BCUT2D eigenvalue weighted by molar-refractivity contribution is 0.102. The van der Waals surface area contributed by atoms with Crippen LogP contribution in [0.2, 0.25) is 0 Å². The summed E-state index contributed by atoms with van der Waals surface area (Å²) in [5.41, 5.74) is 1.83. The average molecular weight is 286 g/mol. The fourth-order valence-electron chi connectivity index (χ4n) is 1.94. The van der Waals surface area contributed by atoms with Gasteiger partial charge < -0.3 is 20.8 Å². The molecule has 5 heteroatoms. The Morgan fingerprint density at radius 1 is 1.14 bits per heavy atom. The SMILES string of the molecule is CCNCc1cccc(NC(=O)c2ccc(O)cc2O)c1. The molecule has 5 nitrogen and oxygen atoms in total. The van der Waals surface area contributed by atoms with Gasteiger partial charge in [-0.15, -0.1) is 0 Å². The lowest BCUT2D eigenvalue weighted by Crippen LogP contribution is -2.14. The third kappa shape index (κ3) is 3.97. The van der Waals surface area contributed by atoms with Crippen LogP contribution in [0.15, 0.2) is 42.5 Å². The Balaban J connectivity index is 2.12. The summed E-state index contributed by atoms with van der Waals surface area (Å²) in [5.74, 6) is -0.763. The molecule has 110 valence electrons. The van der Waals surface area contributed by atoms with Crippen molar-refractivity contribution < 1.29 is 15.0 Å². The Bertz CT molecular complexity index is 641. The number of benzene rings is 2. The Kier molecular flexibility index (Phi) is 4.79. The quantitative estimate of drug-likeness (QED) is 0.680. The largest absolute Gasteiger partial charge is 0.508 e. The van der Waals surface area contributed by atoms with Crippen molar-refractivity contribution >= 4 is 11.6 Å². The Hall–Kier alpha value is -2.53. The molecule has 2 aromatic rings. The minimum atomic E-state index is -0.423. The van der Waals surface area contributed by atoms with Crippen LogP contribution in [0, 0.1) is 0 Å². The number of amides is 1. The average Bonchev–Trinajstić information content (AvgIpc) is 2.45. The van der Waals surface area contributed by atoms with Crippen LogP contribution in [0.5, 0.6) is 11.5 Å². The molecule has 0 aliphatic heterocycles. The summed E-state index contributed by atoms with van der Waals surface area (Å²) in [6, 6.07) is 11.4. The van der Waals surface area contributed by atoms with E-state index in [0.717, 1.165) is 24.7 Å². The summed E-state index contributed by atoms with van der Waals surface area (Å²) in [4.78, 5) is 12.1. The zero-order valence-corrected chi connectivity index (χ0v) is 11.8. The van der Waals surface area contributed by atoms with Crippen LogP contribution in [0.3, 0.4) is 0 Å². The lowest BCUT2D eigenvalue weighted by atomic mass is 10.1. The molecular formula is C16H18N2O3. The fraction of sp³-hybridized carbons (Fsp3) is 0.188. The van der Waals surface area contributed by atoms with Gasteiger partial charge in [0.2, 0.25) is 0 Å². The van der Waals surface area contributed by atoms with E-state index in [0.29, 0.717) is 5.69 Å². The zero-order chi connectivity index (χ0) is 15.2. The number of rotatable bonds is 5. The number of phenols is 2. The van der Waals surface area contributed by atoms with Crippen LogP contribution < -0.4 is 10.6 Å². The smallest absolute Gasteiger partial charge is 0.259 e. The van der Waals surface area contributed by atoms with Gasteiger partial charge in [0.05, 0.1) is 5.56 Å². The maximum absolute atomic E-state index is 12.1. The molecule has 0 atom stereocenters.